The summed E-state index contributed by atoms with van der Waals surface area (Å²) in [5, 5.41) is 4.81. The molecule has 0 aliphatic carbocycles. The first-order chi connectivity index (χ1) is 11.1. The van der Waals surface area contributed by atoms with Crippen LogP contribution >= 0.6 is 0 Å². The van der Waals surface area contributed by atoms with Crippen molar-refractivity contribution in [3.05, 3.63) is 30.5 Å². The predicted octanol–water partition coefficient (Wildman–Crippen LogP) is 1.47. The molecule has 122 valence electrons. The van der Waals surface area contributed by atoms with Gasteiger partial charge in [-0.2, -0.15) is 0 Å². The van der Waals surface area contributed by atoms with Crippen molar-refractivity contribution in [2.45, 2.75) is 25.4 Å². The molecule has 6 heteroatoms. The Bertz CT molecular complexity index is 719. The number of carbonyl (C=O) groups excluding carboxylic acids is 1. The van der Waals surface area contributed by atoms with Gasteiger partial charge in [-0.05, 0) is 30.0 Å². The van der Waals surface area contributed by atoms with Gasteiger partial charge >= 0.3 is 0 Å². The van der Waals surface area contributed by atoms with Crippen LogP contribution in [0.5, 0.6) is 11.6 Å². The molecule has 1 aliphatic rings. The standard InChI is InChI=1S/C17H21N3O3/c1-3-12-14(20-16(21)15(12)18)9-23-17-13-8-11(22-2)5-4-10(13)6-7-19-17/h4-8,12,14-15H,3,9,18H2,1-2H3,(H,20,21)/t12-,14+,15+/m0/s1. The van der Waals surface area contributed by atoms with E-state index in [1.165, 1.54) is 0 Å². The molecule has 23 heavy (non-hydrogen) atoms. The van der Waals surface area contributed by atoms with Crippen molar-refractivity contribution in [3.63, 3.8) is 0 Å². The zero-order valence-corrected chi connectivity index (χ0v) is 13.3. The zero-order chi connectivity index (χ0) is 16.4. The van der Waals surface area contributed by atoms with E-state index in [1.54, 1.807) is 13.3 Å². The van der Waals surface area contributed by atoms with Gasteiger partial charge in [-0.15, -0.1) is 0 Å². The van der Waals surface area contributed by atoms with E-state index in [-0.39, 0.29) is 17.9 Å². The number of pyridine rings is 1. The van der Waals surface area contributed by atoms with Gasteiger partial charge in [0.15, 0.2) is 0 Å². The van der Waals surface area contributed by atoms with E-state index >= 15 is 0 Å². The van der Waals surface area contributed by atoms with Gasteiger partial charge in [-0.25, -0.2) is 4.98 Å². The highest BCUT2D eigenvalue weighted by Crippen LogP contribution is 2.28. The quantitative estimate of drug-likeness (QED) is 0.872. The molecule has 1 aromatic carbocycles. The van der Waals surface area contributed by atoms with E-state index in [0.29, 0.717) is 12.5 Å². The summed E-state index contributed by atoms with van der Waals surface area (Å²) in [5.74, 6) is 1.24. The van der Waals surface area contributed by atoms with Crippen molar-refractivity contribution >= 4 is 16.7 Å². The van der Waals surface area contributed by atoms with Gasteiger partial charge in [0.05, 0.1) is 19.2 Å². The van der Waals surface area contributed by atoms with Crippen molar-refractivity contribution in [3.8, 4) is 11.6 Å². The third-order valence-corrected chi connectivity index (χ3v) is 4.42. The number of nitrogens with two attached hydrogens (primary N) is 1. The van der Waals surface area contributed by atoms with E-state index in [9.17, 15) is 4.79 Å². The minimum Gasteiger partial charge on any atom is -0.497 e. The zero-order valence-electron chi connectivity index (χ0n) is 13.3. The maximum absolute atomic E-state index is 11.7. The number of methoxy groups -OCH3 is 1. The fraction of sp³-hybridized carbons (Fsp3) is 0.412. The van der Waals surface area contributed by atoms with E-state index in [1.807, 2.05) is 31.2 Å². The van der Waals surface area contributed by atoms with Crippen LogP contribution in [0, 0.1) is 5.92 Å². The average molecular weight is 315 g/mol. The number of nitrogens with zero attached hydrogens (tertiary/aromatic N) is 1. The molecule has 1 aliphatic heterocycles. The van der Waals surface area contributed by atoms with Gasteiger partial charge in [0, 0.05) is 17.5 Å². The Labute approximate surface area is 135 Å². The molecule has 0 bridgehead atoms. The summed E-state index contributed by atoms with van der Waals surface area (Å²) in [5.41, 5.74) is 5.92. The minimum atomic E-state index is -0.464. The van der Waals surface area contributed by atoms with Gasteiger partial charge in [0.2, 0.25) is 11.8 Å². The Morgan fingerprint density at radius 3 is 2.91 bits per heavy atom. The molecule has 0 radical (unpaired) electrons. The Balaban J connectivity index is 1.80. The molecule has 1 saturated heterocycles. The fourth-order valence-corrected chi connectivity index (χ4v) is 3.07. The number of carbonyl (C=O) groups is 1. The number of aromatic nitrogens is 1. The number of nitrogens with one attached hydrogen (secondary N) is 1. The molecule has 3 atom stereocenters. The maximum atomic E-state index is 11.7. The molecule has 1 amide bonds. The van der Waals surface area contributed by atoms with Gasteiger partial charge in [0.25, 0.3) is 0 Å². The number of hydrogen-bond acceptors (Lipinski definition) is 5. The third-order valence-electron chi connectivity index (χ3n) is 4.42. The maximum Gasteiger partial charge on any atom is 0.237 e. The van der Waals surface area contributed by atoms with Crippen LogP contribution in [-0.2, 0) is 4.79 Å². The third kappa shape index (κ3) is 2.94. The Morgan fingerprint density at radius 2 is 2.17 bits per heavy atom. The number of benzene rings is 1. The van der Waals surface area contributed by atoms with E-state index in [0.717, 1.165) is 22.9 Å². The second-order valence-electron chi connectivity index (χ2n) is 5.73. The highest BCUT2D eigenvalue weighted by atomic mass is 16.5. The molecule has 1 fully saturated rings. The lowest BCUT2D eigenvalue weighted by atomic mass is 9.94. The topological polar surface area (TPSA) is 86.5 Å². The van der Waals surface area contributed by atoms with Crippen molar-refractivity contribution in [1.82, 2.24) is 10.3 Å². The number of rotatable bonds is 5. The molecule has 1 aromatic heterocycles. The Kier molecular flexibility index (Phi) is 4.34. The summed E-state index contributed by atoms with van der Waals surface area (Å²) >= 11 is 0. The van der Waals surface area contributed by atoms with E-state index in [2.05, 4.69) is 10.3 Å². The van der Waals surface area contributed by atoms with Crippen molar-refractivity contribution < 1.29 is 14.3 Å². The molecule has 0 spiro atoms. The van der Waals surface area contributed by atoms with E-state index < -0.39 is 6.04 Å². The van der Waals surface area contributed by atoms with Crippen LogP contribution in [-0.4, -0.2) is 36.7 Å². The lowest BCUT2D eigenvalue weighted by Gasteiger charge is -2.19. The highest BCUT2D eigenvalue weighted by molar-refractivity contribution is 5.88. The van der Waals surface area contributed by atoms with Crippen molar-refractivity contribution in [1.29, 1.82) is 0 Å². The largest absolute Gasteiger partial charge is 0.497 e. The van der Waals surface area contributed by atoms with Crippen LogP contribution in [0.2, 0.25) is 0 Å². The summed E-state index contributed by atoms with van der Waals surface area (Å²) in [7, 11) is 1.62. The lowest BCUT2D eigenvalue weighted by Crippen LogP contribution is -2.35. The highest BCUT2D eigenvalue weighted by Gasteiger charge is 2.39. The lowest BCUT2D eigenvalue weighted by molar-refractivity contribution is -0.120. The molecule has 3 N–H and O–H groups in total. The van der Waals surface area contributed by atoms with Gasteiger partial charge in [0.1, 0.15) is 12.4 Å². The van der Waals surface area contributed by atoms with Crippen LogP contribution in [0.25, 0.3) is 10.8 Å². The molecule has 0 unspecified atom stereocenters. The van der Waals surface area contributed by atoms with Gasteiger partial charge in [-0.3, -0.25) is 4.79 Å². The molecule has 3 rings (SSSR count). The van der Waals surface area contributed by atoms with Crippen LogP contribution in [0.15, 0.2) is 30.5 Å². The van der Waals surface area contributed by atoms with Crippen molar-refractivity contribution in [2.75, 3.05) is 13.7 Å². The second kappa shape index (κ2) is 6.42. The van der Waals surface area contributed by atoms with Crippen LogP contribution < -0.4 is 20.5 Å². The summed E-state index contributed by atoms with van der Waals surface area (Å²) < 4.78 is 11.2. The molecule has 2 aromatic rings. The molecule has 0 saturated carbocycles. The number of ether oxygens (including phenoxy) is 2. The van der Waals surface area contributed by atoms with Crippen LogP contribution in [0.3, 0.4) is 0 Å². The number of fused-ring (bicyclic) bond motifs is 1. The smallest absolute Gasteiger partial charge is 0.237 e. The second-order valence-corrected chi connectivity index (χ2v) is 5.73. The SMILES string of the molecule is CC[C@H]1[C@@H](COc2nccc3ccc(OC)cc23)NC(=O)[C@@H]1N. The minimum absolute atomic E-state index is 0.0759. The predicted molar refractivity (Wildman–Crippen MR) is 87.5 cm³/mol. The van der Waals surface area contributed by atoms with Crippen molar-refractivity contribution in [2.24, 2.45) is 11.7 Å². The molecule has 2 heterocycles. The van der Waals surface area contributed by atoms with Crippen LogP contribution in [0.4, 0.5) is 0 Å². The Morgan fingerprint density at radius 1 is 1.35 bits per heavy atom. The fourth-order valence-electron chi connectivity index (χ4n) is 3.07. The Hall–Kier alpha value is -2.34. The first-order valence-corrected chi connectivity index (χ1v) is 7.75. The van der Waals surface area contributed by atoms with E-state index in [4.69, 9.17) is 15.2 Å². The number of hydrogen-bond donors (Lipinski definition) is 2. The summed E-state index contributed by atoms with van der Waals surface area (Å²) in [6.07, 6.45) is 2.53. The van der Waals surface area contributed by atoms with Crippen LogP contribution in [0.1, 0.15) is 13.3 Å². The summed E-state index contributed by atoms with van der Waals surface area (Å²) in [4.78, 5) is 16.0. The average Bonchev–Trinajstić information content (AvgIpc) is 2.86. The number of amides is 1. The van der Waals surface area contributed by atoms with Gasteiger partial charge in [-0.1, -0.05) is 13.0 Å². The summed E-state index contributed by atoms with van der Waals surface area (Å²) in [6, 6.07) is 7.12. The summed E-state index contributed by atoms with van der Waals surface area (Å²) in [6.45, 7) is 2.38. The van der Waals surface area contributed by atoms with Gasteiger partial charge < -0.3 is 20.5 Å². The molecule has 6 nitrogen and oxygen atoms in total. The first-order valence-electron chi connectivity index (χ1n) is 7.75. The molecular weight excluding hydrogens is 294 g/mol. The normalized spacial score (nSPS) is 23.8. The monoisotopic (exact) mass is 315 g/mol. The first kappa shape index (κ1) is 15.6. The molecular formula is C17H21N3O3.